The molecule has 8 heteroatoms. The largest absolute Gasteiger partial charge is 0.348 e. The van der Waals surface area contributed by atoms with Gasteiger partial charge in [-0.1, -0.05) is 13.8 Å². The zero-order valence-electron chi connectivity index (χ0n) is 11.3. The third kappa shape index (κ3) is 4.21. The highest BCUT2D eigenvalue weighted by Crippen LogP contribution is 2.21. The first-order chi connectivity index (χ1) is 8.62. The van der Waals surface area contributed by atoms with Crippen LogP contribution in [0.4, 0.5) is 0 Å². The van der Waals surface area contributed by atoms with E-state index >= 15 is 0 Å². The number of nitrogens with one attached hydrogen (secondary N) is 2. The fraction of sp³-hybridized carbons (Fsp3) is 0.636. The van der Waals surface area contributed by atoms with Crippen molar-refractivity contribution in [2.24, 2.45) is 5.92 Å². The molecule has 1 heterocycles. The van der Waals surface area contributed by atoms with E-state index in [0.29, 0.717) is 5.92 Å². The Kier molecular flexibility index (Phi) is 4.98. The van der Waals surface area contributed by atoms with Gasteiger partial charge in [0, 0.05) is 16.7 Å². The Balaban J connectivity index is 2.96. The van der Waals surface area contributed by atoms with Crippen LogP contribution in [0.3, 0.4) is 0 Å². The molecule has 1 aromatic rings. The van der Waals surface area contributed by atoms with Crippen molar-refractivity contribution in [3.8, 4) is 0 Å². The minimum absolute atomic E-state index is 0.0737. The molecule has 0 spiro atoms. The predicted octanol–water partition coefficient (Wildman–Crippen LogP) is 1.81. The first kappa shape index (κ1) is 16.0. The number of hydrogen-bond donors (Lipinski definition) is 2. The minimum Gasteiger partial charge on any atom is -0.348 e. The van der Waals surface area contributed by atoms with Crippen molar-refractivity contribution in [2.45, 2.75) is 45.1 Å². The summed E-state index contributed by atoms with van der Waals surface area (Å²) in [5.41, 5.74) is 0.0553. The Bertz CT molecular complexity index is 566. The number of aromatic amines is 1. The molecule has 0 aliphatic heterocycles. The summed E-state index contributed by atoms with van der Waals surface area (Å²) < 4.78 is 22.9. The monoisotopic (exact) mass is 307 g/mol. The average Bonchev–Trinajstić information content (AvgIpc) is 2.57. The highest BCUT2D eigenvalue weighted by molar-refractivity contribution is 8.13. The Labute approximate surface area is 117 Å². The van der Waals surface area contributed by atoms with Gasteiger partial charge in [-0.25, -0.2) is 8.42 Å². The maximum atomic E-state index is 12.0. The van der Waals surface area contributed by atoms with Crippen molar-refractivity contribution in [3.63, 3.8) is 0 Å². The lowest BCUT2D eigenvalue weighted by Gasteiger charge is -2.15. The molecule has 0 radical (unpaired) electrons. The quantitative estimate of drug-likeness (QED) is 0.811. The van der Waals surface area contributed by atoms with Crippen LogP contribution in [-0.4, -0.2) is 30.6 Å². The van der Waals surface area contributed by atoms with E-state index in [1.165, 1.54) is 6.92 Å². The molecule has 1 aromatic heterocycles. The molecule has 2 N–H and O–H groups in total. The van der Waals surface area contributed by atoms with Crippen LogP contribution in [-0.2, 0) is 9.05 Å². The van der Waals surface area contributed by atoms with Crippen molar-refractivity contribution in [1.29, 1.82) is 0 Å². The molecule has 0 aromatic carbocycles. The number of rotatable bonds is 5. The van der Waals surface area contributed by atoms with Crippen molar-refractivity contribution >= 4 is 25.6 Å². The maximum Gasteiger partial charge on any atom is 0.273 e. The molecule has 19 heavy (non-hydrogen) atoms. The molecule has 1 atom stereocenters. The molecule has 0 aliphatic rings. The average molecular weight is 308 g/mol. The van der Waals surface area contributed by atoms with Gasteiger partial charge in [0.05, 0.1) is 5.69 Å². The van der Waals surface area contributed by atoms with Crippen LogP contribution < -0.4 is 5.32 Å². The summed E-state index contributed by atoms with van der Waals surface area (Å²) in [5, 5.41) is 8.89. The summed E-state index contributed by atoms with van der Waals surface area (Å²) >= 11 is 0. The molecule has 1 amide bonds. The van der Waals surface area contributed by atoms with Crippen molar-refractivity contribution in [2.75, 3.05) is 0 Å². The van der Waals surface area contributed by atoms with Gasteiger partial charge in [0.25, 0.3) is 15.0 Å². The van der Waals surface area contributed by atoms with Gasteiger partial charge in [0.1, 0.15) is 4.90 Å². The van der Waals surface area contributed by atoms with Crippen LogP contribution in [0.2, 0.25) is 0 Å². The molecule has 6 nitrogen and oxygen atoms in total. The Morgan fingerprint density at radius 1 is 1.42 bits per heavy atom. The zero-order valence-corrected chi connectivity index (χ0v) is 12.9. The number of amides is 1. The second-order valence-corrected chi connectivity index (χ2v) is 7.47. The predicted molar refractivity (Wildman–Crippen MR) is 72.7 cm³/mol. The van der Waals surface area contributed by atoms with E-state index in [9.17, 15) is 13.2 Å². The van der Waals surface area contributed by atoms with E-state index in [2.05, 4.69) is 15.5 Å². The highest BCUT2D eigenvalue weighted by Gasteiger charge is 2.27. The number of hydrogen-bond acceptors (Lipinski definition) is 4. The number of aryl methyl sites for hydroxylation is 1. The van der Waals surface area contributed by atoms with E-state index < -0.39 is 15.0 Å². The summed E-state index contributed by atoms with van der Waals surface area (Å²) in [6.45, 7) is 7.43. The van der Waals surface area contributed by atoms with Crippen molar-refractivity contribution < 1.29 is 13.2 Å². The van der Waals surface area contributed by atoms with Crippen LogP contribution in [0.15, 0.2) is 4.90 Å². The van der Waals surface area contributed by atoms with Crippen LogP contribution in [0.5, 0.6) is 0 Å². The molecular formula is C11H18ClN3O3S. The van der Waals surface area contributed by atoms with Crippen LogP contribution in [0.1, 0.15) is 43.4 Å². The number of carbonyl (C=O) groups excluding carboxylic acids is 1. The van der Waals surface area contributed by atoms with Crippen LogP contribution in [0, 0.1) is 12.8 Å². The molecule has 0 saturated carbocycles. The summed E-state index contributed by atoms with van der Waals surface area (Å²) in [6.07, 6.45) is 0.790. The number of nitrogens with zero attached hydrogens (tertiary/aromatic N) is 1. The maximum absolute atomic E-state index is 12.0. The standard InChI is InChI=1S/C11H18ClN3O3S/c1-6(2)5-7(3)13-11(16)9-10(19(12,17)18)8(4)14-15-9/h6-7H,5H2,1-4H3,(H,13,16)(H,14,15). The van der Waals surface area contributed by atoms with Crippen molar-refractivity contribution in [1.82, 2.24) is 15.5 Å². The zero-order chi connectivity index (χ0) is 14.8. The van der Waals surface area contributed by atoms with Gasteiger partial charge in [-0.05, 0) is 26.2 Å². The van der Waals surface area contributed by atoms with Gasteiger partial charge in [-0.2, -0.15) is 5.10 Å². The molecule has 0 bridgehead atoms. The molecule has 0 fully saturated rings. The third-order valence-corrected chi connectivity index (χ3v) is 4.00. The minimum atomic E-state index is -4.01. The third-order valence-electron chi connectivity index (χ3n) is 2.55. The first-order valence-corrected chi connectivity index (χ1v) is 8.24. The second-order valence-electron chi connectivity index (χ2n) is 4.97. The molecular weight excluding hydrogens is 290 g/mol. The summed E-state index contributed by atoms with van der Waals surface area (Å²) in [5.74, 6) is -0.121. The van der Waals surface area contributed by atoms with Gasteiger partial charge >= 0.3 is 0 Å². The number of H-pyrrole nitrogens is 1. The normalized spacial score (nSPS) is 13.6. The summed E-state index contributed by atoms with van der Waals surface area (Å²) in [7, 11) is 1.30. The Hall–Kier alpha value is -1.08. The number of halogens is 1. The lowest BCUT2D eigenvalue weighted by atomic mass is 10.1. The van der Waals surface area contributed by atoms with E-state index in [-0.39, 0.29) is 22.3 Å². The van der Waals surface area contributed by atoms with Gasteiger partial charge < -0.3 is 5.32 Å². The van der Waals surface area contributed by atoms with Gasteiger partial charge in [0.15, 0.2) is 5.69 Å². The molecule has 1 rings (SSSR count). The molecule has 0 aliphatic carbocycles. The van der Waals surface area contributed by atoms with E-state index in [1.54, 1.807) is 0 Å². The molecule has 0 saturated heterocycles. The van der Waals surface area contributed by atoms with Crippen LogP contribution in [0.25, 0.3) is 0 Å². The van der Waals surface area contributed by atoms with E-state index in [1.807, 2.05) is 20.8 Å². The smallest absolute Gasteiger partial charge is 0.273 e. The molecule has 108 valence electrons. The first-order valence-electron chi connectivity index (χ1n) is 5.93. The lowest BCUT2D eigenvalue weighted by Crippen LogP contribution is -2.34. The summed E-state index contributed by atoms with van der Waals surface area (Å²) in [6, 6.07) is -0.0737. The van der Waals surface area contributed by atoms with E-state index in [0.717, 1.165) is 6.42 Å². The lowest BCUT2D eigenvalue weighted by molar-refractivity contribution is 0.0927. The highest BCUT2D eigenvalue weighted by atomic mass is 35.7. The van der Waals surface area contributed by atoms with E-state index in [4.69, 9.17) is 10.7 Å². The number of carbonyl (C=O) groups is 1. The molecule has 1 unspecified atom stereocenters. The fourth-order valence-corrected chi connectivity index (χ4v) is 3.28. The second kappa shape index (κ2) is 5.92. The topological polar surface area (TPSA) is 91.9 Å². The summed E-state index contributed by atoms with van der Waals surface area (Å²) in [4.78, 5) is 11.7. The fourth-order valence-electron chi connectivity index (χ4n) is 1.93. The van der Waals surface area contributed by atoms with Gasteiger partial charge in [-0.3, -0.25) is 9.89 Å². The number of aromatic nitrogens is 2. The van der Waals surface area contributed by atoms with Gasteiger partial charge in [-0.15, -0.1) is 0 Å². The Morgan fingerprint density at radius 3 is 2.47 bits per heavy atom. The Morgan fingerprint density at radius 2 is 2.00 bits per heavy atom. The van der Waals surface area contributed by atoms with Crippen molar-refractivity contribution in [3.05, 3.63) is 11.4 Å². The SMILES string of the molecule is Cc1[nH]nc(C(=O)NC(C)CC(C)C)c1S(=O)(=O)Cl. The van der Waals surface area contributed by atoms with Crippen LogP contribution >= 0.6 is 10.7 Å². The van der Waals surface area contributed by atoms with Gasteiger partial charge in [0.2, 0.25) is 0 Å².